The van der Waals surface area contributed by atoms with Gasteiger partial charge in [0.2, 0.25) is 0 Å². The van der Waals surface area contributed by atoms with Crippen LogP contribution in [-0.2, 0) is 0 Å². The Hall–Kier alpha value is -6.94. The van der Waals surface area contributed by atoms with E-state index in [-0.39, 0.29) is 0 Å². The summed E-state index contributed by atoms with van der Waals surface area (Å²) in [5, 5.41) is 6.51. The Labute approximate surface area is 341 Å². The van der Waals surface area contributed by atoms with Crippen LogP contribution in [0.25, 0.3) is 71.6 Å². The van der Waals surface area contributed by atoms with E-state index in [0.29, 0.717) is 0 Å². The van der Waals surface area contributed by atoms with Crippen LogP contribution < -0.4 is 10.1 Å². The molecule has 1 heterocycles. The van der Waals surface area contributed by atoms with Gasteiger partial charge < -0.3 is 9.47 Å². The van der Waals surface area contributed by atoms with Gasteiger partial charge in [0, 0.05) is 33.5 Å². The van der Waals surface area contributed by atoms with Crippen LogP contribution in [0.4, 0.5) is 17.1 Å². The molecule has 0 unspecified atom stereocenters. The van der Waals surface area contributed by atoms with Crippen molar-refractivity contribution in [2.45, 2.75) is 19.6 Å². The number of anilines is 3. The highest BCUT2D eigenvalue weighted by molar-refractivity contribution is 6.88. The van der Waals surface area contributed by atoms with Gasteiger partial charge in [0.25, 0.3) is 0 Å². The topological polar surface area (TPSA) is 8.17 Å². The van der Waals surface area contributed by atoms with Gasteiger partial charge in [0.15, 0.2) is 0 Å². The number of rotatable bonds is 8. The molecule has 10 aromatic rings. The van der Waals surface area contributed by atoms with E-state index < -0.39 is 8.07 Å². The summed E-state index contributed by atoms with van der Waals surface area (Å²) in [5.74, 6) is 0. The number of nitrogens with zero attached hydrogens (tertiary/aromatic N) is 2. The van der Waals surface area contributed by atoms with E-state index in [0.717, 1.165) is 17.1 Å². The largest absolute Gasteiger partial charge is 0.311 e. The average molecular weight is 761 g/mol. The van der Waals surface area contributed by atoms with Gasteiger partial charge in [-0.3, -0.25) is 0 Å². The molecule has 1 aromatic heterocycles. The van der Waals surface area contributed by atoms with Crippen molar-refractivity contribution in [1.29, 1.82) is 0 Å². The number of benzene rings is 9. The van der Waals surface area contributed by atoms with Gasteiger partial charge in [-0.15, -0.1) is 0 Å². The van der Waals surface area contributed by atoms with E-state index in [1.165, 1.54) is 76.8 Å². The molecule has 2 nitrogen and oxygen atoms in total. The lowest BCUT2D eigenvalue weighted by molar-refractivity contribution is 1.18. The first-order valence-corrected chi connectivity index (χ1v) is 23.7. The molecule has 0 bridgehead atoms. The maximum atomic E-state index is 2.40. The zero-order chi connectivity index (χ0) is 39.2. The maximum absolute atomic E-state index is 2.40. The molecule has 10 rings (SSSR count). The fourth-order valence-corrected chi connectivity index (χ4v) is 9.66. The molecule has 278 valence electrons. The van der Waals surface area contributed by atoms with Gasteiger partial charge in [-0.25, -0.2) is 0 Å². The van der Waals surface area contributed by atoms with Gasteiger partial charge in [-0.2, -0.15) is 0 Å². The van der Waals surface area contributed by atoms with Crippen LogP contribution in [0.5, 0.6) is 0 Å². The van der Waals surface area contributed by atoms with Crippen molar-refractivity contribution in [2.24, 2.45) is 0 Å². The molecule has 9 aromatic carbocycles. The third-order valence-corrected chi connectivity index (χ3v) is 13.6. The minimum atomic E-state index is -1.36. The zero-order valence-electron chi connectivity index (χ0n) is 33.1. The molecule has 0 atom stereocenters. The Morgan fingerprint density at radius 3 is 1.48 bits per heavy atom. The van der Waals surface area contributed by atoms with Crippen molar-refractivity contribution in [3.8, 4) is 39.1 Å². The summed E-state index contributed by atoms with van der Waals surface area (Å²) in [6, 6.07) is 77.7. The number of hydrogen-bond donors (Lipinski definition) is 0. The Kier molecular flexibility index (Phi) is 8.89. The average Bonchev–Trinajstić information content (AvgIpc) is 3.61. The van der Waals surface area contributed by atoms with E-state index in [2.05, 4.69) is 241 Å². The molecule has 0 N–H and O–H groups in total. The summed E-state index contributed by atoms with van der Waals surface area (Å²) >= 11 is 0. The summed E-state index contributed by atoms with van der Waals surface area (Å²) in [6.07, 6.45) is 0. The zero-order valence-corrected chi connectivity index (χ0v) is 34.1. The second-order valence-electron chi connectivity index (χ2n) is 16.3. The van der Waals surface area contributed by atoms with Gasteiger partial charge in [0.1, 0.15) is 0 Å². The van der Waals surface area contributed by atoms with E-state index >= 15 is 0 Å². The third-order valence-electron chi connectivity index (χ3n) is 11.6. The number of para-hydroxylation sites is 2. The monoisotopic (exact) mass is 760 g/mol. The second-order valence-corrected chi connectivity index (χ2v) is 21.3. The quantitative estimate of drug-likeness (QED) is 0.140. The first-order chi connectivity index (χ1) is 28.4. The molecule has 0 spiro atoms. The Morgan fingerprint density at radius 1 is 0.362 bits per heavy atom. The van der Waals surface area contributed by atoms with Crippen molar-refractivity contribution in [1.82, 2.24) is 4.57 Å². The molecule has 0 saturated heterocycles. The second kappa shape index (κ2) is 14.5. The molecular formula is C55H44N2Si. The molecule has 58 heavy (non-hydrogen) atoms. The van der Waals surface area contributed by atoms with E-state index in [1.807, 2.05) is 0 Å². The predicted molar refractivity (Wildman–Crippen MR) is 252 cm³/mol. The molecule has 0 aliphatic rings. The predicted octanol–water partition coefficient (Wildman–Crippen LogP) is 15.0. The minimum Gasteiger partial charge on any atom is -0.311 e. The highest BCUT2D eigenvalue weighted by Gasteiger charge is 2.18. The molecule has 0 aliphatic heterocycles. The van der Waals surface area contributed by atoms with Crippen LogP contribution in [0.15, 0.2) is 212 Å². The fourth-order valence-electron chi connectivity index (χ4n) is 8.49. The van der Waals surface area contributed by atoms with Crippen molar-refractivity contribution in [3.63, 3.8) is 0 Å². The van der Waals surface area contributed by atoms with Crippen molar-refractivity contribution in [3.05, 3.63) is 212 Å². The highest BCUT2D eigenvalue weighted by Crippen LogP contribution is 2.40. The lowest BCUT2D eigenvalue weighted by Crippen LogP contribution is -2.37. The third kappa shape index (κ3) is 6.50. The number of aromatic nitrogens is 1. The van der Waals surface area contributed by atoms with Gasteiger partial charge in [-0.1, -0.05) is 170 Å². The SMILES string of the molecule is C[Si](C)(C)c1ccc(-c2ccc(N(c3ccc(-c4ccc5c(c4)c4ccccc4n5-c4ccccc4)cc3)c3ccc(-c4cccc5ccccc45)cc3)cc2)cc1. The molecule has 0 amide bonds. The summed E-state index contributed by atoms with van der Waals surface area (Å²) < 4.78 is 2.37. The smallest absolute Gasteiger partial charge is 0.0775 e. The lowest BCUT2D eigenvalue weighted by atomic mass is 9.98. The Balaban J connectivity index is 1.03. The first-order valence-electron chi connectivity index (χ1n) is 20.2. The van der Waals surface area contributed by atoms with E-state index in [9.17, 15) is 0 Å². The van der Waals surface area contributed by atoms with Crippen LogP contribution in [-0.4, -0.2) is 12.6 Å². The molecule has 0 radical (unpaired) electrons. The minimum absolute atomic E-state index is 1.11. The Morgan fingerprint density at radius 2 is 0.845 bits per heavy atom. The van der Waals surface area contributed by atoms with Gasteiger partial charge >= 0.3 is 0 Å². The summed E-state index contributed by atoms with van der Waals surface area (Å²) in [5.41, 5.74) is 14.2. The molecule has 3 heteroatoms. The number of hydrogen-bond acceptors (Lipinski definition) is 1. The van der Waals surface area contributed by atoms with Gasteiger partial charge in [0.05, 0.1) is 19.1 Å². The van der Waals surface area contributed by atoms with Crippen molar-refractivity contribution in [2.75, 3.05) is 4.90 Å². The fraction of sp³-hybridized carbons (Fsp3) is 0.0545. The Bertz CT molecular complexity index is 3040. The van der Waals surface area contributed by atoms with E-state index in [4.69, 9.17) is 0 Å². The van der Waals surface area contributed by atoms with Crippen LogP contribution in [0.1, 0.15) is 0 Å². The molecule has 0 saturated carbocycles. The highest BCUT2D eigenvalue weighted by atomic mass is 28.3. The van der Waals surface area contributed by atoms with E-state index in [1.54, 1.807) is 0 Å². The van der Waals surface area contributed by atoms with Crippen LogP contribution in [0.3, 0.4) is 0 Å². The maximum Gasteiger partial charge on any atom is 0.0775 e. The molecular weight excluding hydrogens is 717 g/mol. The van der Waals surface area contributed by atoms with Gasteiger partial charge in [-0.05, 0) is 111 Å². The lowest BCUT2D eigenvalue weighted by Gasteiger charge is -2.26. The summed E-state index contributed by atoms with van der Waals surface area (Å²) in [4.78, 5) is 2.37. The first kappa shape index (κ1) is 35.5. The summed E-state index contributed by atoms with van der Waals surface area (Å²) in [6.45, 7) is 7.20. The van der Waals surface area contributed by atoms with Crippen molar-refractivity contribution < 1.29 is 0 Å². The molecule has 0 fully saturated rings. The van der Waals surface area contributed by atoms with Crippen molar-refractivity contribution >= 4 is 62.9 Å². The standard InChI is InChI=1S/C55H44N2Si/c1-58(2,3)49-35-26-40(27-36-49)39-20-29-46(30-21-39)56(48-33-24-43(25-34-48)51-18-11-13-42-12-7-8-16-50(42)51)47-31-22-41(23-32-47)44-28-37-55-53(38-44)52-17-9-10-19-54(52)57(55)45-14-5-4-6-15-45/h4-38H,1-3H3. The normalized spacial score (nSPS) is 11.7. The van der Waals surface area contributed by atoms with Crippen LogP contribution in [0.2, 0.25) is 19.6 Å². The van der Waals surface area contributed by atoms with Crippen LogP contribution >= 0.6 is 0 Å². The summed E-state index contributed by atoms with van der Waals surface area (Å²) in [7, 11) is -1.36. The van der Waals surface area contributed by atoms with Crippen LogP contribution in [0, 0.1) is 0 Å². The molecule has 0 aliphatic carbocycles. The number of fused-ring (bicyclic) bond motifs is 4.